The fraction of sp³-hybridized carbons (Fsp3) is 0.400. The molecule has 4 heteroatoms. The van der Waals surface area contributed by atoms with Gasteiger partial charge in [0.2, 0.25) is 0 Å². The van der Waals surface area contributed by atoms with Gasteiger partial charge in [-0.15, -0.1) is 0 Å². The van der Waals surface area contributed by atoms with Crippen LogP contribution < -0.4 is 11.5 Å². The van der Waals surface area contributed by atoms with Gasteiger partial charge < -0.3 is 11.5 Å². The first-order valence-electron chi connectivity index (χ1n) is 4.55. The van der Waals surface area contributed by atoms with E-state index in [4.69, 9.17) is 23.1 Å². The van der Waals surface area contributed by atoms with Crippen molar-refractivity contribution in [2.45, 2.75) is 18.9 Å². The molecule has 0 saturated heterocycles. The predicted molar refractivity (Wildman–Crippen MR) is 56.6 cm³/mol. The molecular formula is C10H14ClFN2. The van der Waals surface area contributed by atoms with Gasteiger partial charge in [0, 0.05) is 6.04 Å². The lowest BCUT2D eigenvalue weighted by Crippen LogP contribution is -2.12. The first-order valence-corrected chi connectivity index (χ1v) is 4.93. The topological polar surface area (TPSA) is 52.0 Å². The molecule has 0 heterocycles. The number of rotatable bonds is 4. The van der Waals surface area contributed by atoms with E-state index in [1.165, 1.54) is 12.1 Å². The molecule has 0 aromatic heterocycles. The first-order chi connectivity index (χ1) is 6.65. The Labute approximate surface area is 88.0 Å². The number of hydrogen-bond acceptors (Lipinski definition) is 2. The summed E-state index contributed by atoms with van der Waals surface area (Å²) in [6, 6.07) is 4.48. The molecule has 78 valence electrons. The van der Waals surface area contributed by atoms with E-state index in [1.54, 1.807) is 6.07 Å². The molecule has 14 heavy (non-hydrogen) atoms. The van der Waals surface area contributed by atoms with Crippen LogP contribution in [-0.4, -0.2) is 6.54 Å². The highest BCUT2D eigenvalue weighted by molar-refractivity contribution is 6.30. The van der Waals surface area contributed by atoms with Crippen LogP contribution in [0, 0.1) is 5.82 Å². The summed E-state index contributed by atoms with van der Waals surface area (Å²) < 4.78 is 13.0. The summed E-state index contributed by atoms with van der Waals surface area (Å²) in [6.07, 6.45) is 1.60. The molecule has 0 aliphatic carbocycles. The third kappa shape index (κ3) is 2.94. The molecule has 1 aromatic carbocycles. The Morgan fingerprint density at radius 1 is 1.43 bits per heavy atom. The highest BCUT2D eigenvalue weighted by Crippen LogP contribution is 2.21. The molecule has 0 amide bonds. The third-order valence-electron chi connectivity index (χ3n) is 2.09. The Hall–Kier alpha value is -0.640. The van der Waals surface area contributed by atoms with Crippen LogP contribution in [-0.2, 0) is 0 Å². The van der Waals surface area contributed by atoms with Crippen molar-refractivity contribution in [1.29, 1.82) is 0 Å². The smallest absolute Gasteiger partial charge is 0.142 e. The minimum Gasteiger partial charge on any atom is -0.330 e. The Morgan fingerprint density at radius 2 is 2.14 bits per heavy atom. The molecule has 0 fully saturated rings. The van der Waals surface area contributed by atoms with Gasteiger partial charge in [-0.25, -0.2) is 4.39 Å². The second-order valence-electron chi connectivity index (χ2n) is 3.21. The molecule has 0 bridgehead atoms. The SMILES string of the molecule is NCCC[C@@H](N)c1ccc(Cl)c(F)c1. The van der Waals surface area contributed by atoms with E-state index >= 15 is 0 Å². The molecular weight excluding hydrogens is 203 g/mol. The van der Waals surface area contributed by atoms with Gasteiger partial charge in [-0.2, -0.15) is 0 Å². The summed E-state index contributed by atoms with van der Waals surface area (Å²) in [5, 5.41) is 0.125. The van der Waals surface area contributed by atoms with Gasteiger partial charge >= 0.3 is 0 Å². The first kappa shape index (κ1) is 11.4. The van der Waals surface area contributed by atoms with Crippen molar-refractivity contribution in [2.24, 2.45) is 11.5 Å². The molecule has 1 rings (SSSR count). The molecule has 0 unspecified atom stereocenters. The minimum absolute atomic E-state index is 0.125. The van der Waals surface area contributed by atoms with Gasteiger partial charge in [-0.1, -0.05) is 17.7 Å². The fourth-order valence-corrected chi connectivity index (χ4v) is 1.36. The van der Waals surface area contributed by atoms with Crippen molar-refractivity contribution in [2.75, 3.05) is 6.54 Å². The zero-order chi connectivity index (χ0) is 10.6. The third-order valence-corrected chi connectivity index (χ3v) is 2.40. The zero-order valence-electron chi connectivity index (χ0n) is 7.84. The van der Waals surface area contributed by atoms with Crippen molar-refractivity contribution in [3.63, 3.8) is 0 Å². The van der Waals surface area contributed by atoms with E-state index in [1.807, 2.05) is 0 Å². The van der Waals surface area contributed by atoms with Crippen LogP contribution in [0.1, 0.15) is 24.4 Å². The van der Waals surface area contributed by atoms with E-state index < -0.39 is 5.82 Å². The average Bonchev–Trinajstić information content (AvgIpc) is 2.18. The van der Waals surface area contributed by atoms with Gasteiger partial charge in [-0.3, -0.25) is 0 Å². The molecule has 0 aliphatic rings. The number of halogens is 2. The number of nitrogens with two attached hydrogens (primary N) is 2. The molecule has 1 atom stereocenters. The summed E-state index contributed by atoms with van der Waals surface area (Å²) in [7, 11) is 0. The summed E-state index contributed by atoms with van der Waals surface area (Å²) in [5.41, 5.74) is 12.0. The molecule has 0 spiro atoms. The van der Waals surface area contributed by atoms with Crippen LogP contribution in [0.25, 0.3) is 0 Å². The van der Waals surface area contributed by atoms with Crippen LogP contribution >= 0.6 is 11.6 Å². The highest BCUT2D eigenvalue weighted by Gasteiger charge is 2.07. The lowest BCUT2D eigenvalue weighted by molar-refractivity contribution is 0.597. The van der Waals surface area contributed by atoms with E-state index in [-0.39, 0.29) is 11.1 Å². The van der Waals surface area contributed by atoms with Crippen molar-refractivity contribution in [1.82, 2.24) is 0 Å². The van der Waals surface area contributed by atoms with Gasteiger partial charge in [0.05, 0.1) is 5.02 Å². The van der Waals surface area contributed by atoms with E-state index in [2.05, 4.69) is 0 Å². The summed E-state index contributed by atoms with van der Waals surface area (Å²) >= 11 is 5.55. The molecule has 2 nitrogen and oxygen atoms in total. The van der Waals surface area contributed by atoms with E-state index in [0.29, 0.717) is 6.54 Å². The lowest BCUT2D eigenvalue weighted by atomic mass is 10.0. The maximum absolute atomic E-state index is 13.0. The largest absolute Gasteiger partial charge is 0.330 e. The molecule has 0 aliphatic heterocycles. The average molecular weight is 217 g/mol. The molecule has 0 radical (unpaired) electrons. The number of benzene rings is 1. The van der Waals surface area contributed by atoms with Gasteiger partial charge in [0.25, 0.3) is 0 Å². The Balaban J connectivity index is 2.70. The Bertz CT molecular complexity index is 304. The lowest BCUT2D eigenvalue weighted by Gasteiger charge is -2.11. The maximum atomic E-state index is 13.0. The fourth-order valence-electron chi connectivity index (χ4n) is 1.25. The normalized spacial score (nSPS) is 12.9. The van der Waals surface area contributed by atoms with Gasteiger partial charge in [0.1, 0.15) is 5.82 Å². The zero-order valence-corrected chi connectivity index (χ0v) is 8.60. The van der Waals surface area contributed by atoms with Crippen LogP contribution in [0.5, 0.6) is 0 Å². The van der Waals surface area contributed by atoms with Crippen molar-refractivity contribution < 1.29 is 4.39 Å². The quantitative estimate of drug-likeness (QED) is 0.811. The highest BCUT2D eigenvalue weighted by atomic mass is 35.5. The number of hydrogen-bond donors (Lipinski definition) is 2. The monoisotopic (exact) mass is 216 g/mol. The molecule has 0 saturated carbocycles. The molecule has 4 N–H and O–H groups in total. The minimum atomic E-state index is -0.424. The van der Waals surface area contributed by atoms with Crippen LogP contribution in [0.4, 0.5) is 4.39 Å². The van der Waals surface area contributed by atoms with Gasteiger partial charge in [0.15, 0.2) is 0 Å². The van der Waals surface area contributed by atoms with Crippen LogP contribution in [0.2, 0.25) is 5.02 Å². The Morgan fingerprint density at radius 3 is 2.71 bits per heavy atom. The van der Waals surface area contributed by atoms with Crippen molar-refractivity contribution >= 4 is 11.6 Å². The van der Waals surface area contributed by atoms with E-state index in [0.717, 1.165) is 18.4 Å². The maximum Gasteiger partial charge on any atom is 0.142 e. The molecule has 1 aromatic rings. The van der Waals surface area contributed by atoms with Crippen LogP contribution in [0.15, 0.2) is 18.2 Å². The van der Waals surface area contributed by atoms with Crippen molar-refractivity contribution in [3.8, 4) is 0 Å². The predicted octanol–water partition coefficient (Wildman–Crippen LogP) is 2.22. The summed E-state index contributed by atoms with van der Waals surface area (Å²) in [6.45, 7) is 0.601. The second-order valence-corrected chi connectivity index (χ2v) is 3.62. The van der Waals surface area contributed by atoms with Gasteiger partial charge in [-0.05, 0) is 37.1 Å². The standard InChI is InChI=1S/C10H14ClFN2/c11-8-4-3-7(6-9(8)12)10(14)2-1-5-13/h3-4,6,10H,1-2,5,13-14H2/t10-/m1/s1. The Kier molecular flexibility index (Phi) is 4.32. The second kappa shape index (κ2) is 5.29. The van der Waals surface area contributed by atoms with E-state index in [9.17, 15) is 4.39 Å². The summed E-state index contributed by atoms with van der Waals surface area (Å²) in [4.78, 5) is 0. The van der Waals surface area contributed by atoms with Crippen LogP contribution in [0.3, 0.4) is 0 Å². The van der Waals surface area contributed by atoms with Crippen molar-refractivity contribution in [3.05, 3.63) is 34.6 Å². The summed E-state index contributed by atoms with van der Waals surface area (Å²) in [5.74, 6) is -0.424.